The first-order valence-electron chi connectivity index (χ1n) is 10.3. The molecule has 0 bridgehead atoms. The van der Waals surface area contributed by atoms with Crippen LogP contribution in [0.25, 0.3) is 0 Å². The highest BCUT2D eigenvalue weighted by Crippen LogP contribution is 2.33. The molecule has 10 heteroatoms. The molecule has 1 atom stereocenters. The average Bonchev–Trinajstić information content (AvgIpc) is 2.97. The van der Waals surface area contributed by atoms with Crippen molar-refractivity contribution in [1.29, 1.82) is 0 Å². The predicted octanol–water partition coefficient (Wildman–Crippen LogP) is 3.38. The summed E-state index contributed by atoms with van der Waals surface area (Å²) in [5, 5.41) is 0. The smallest absolute Gasteiger partial charge is 0.414 e. The summed E-state index contributed by atoms with van der Waals surface area (Å²) in [7, 11) is 1.53. The Balaban J connectivity index is 1.64. The van der Waals surface area contributed by atoms with Gasteiger partial charge in [0, 0.05) is 38.9 Å². The third kappa shape index (κ3) is 5.36. The molecule has 0 radical (unpaired) electrons. The first-order valence-corrected chi connectivity index (χ1v) is 10.3. The fraction of sp³-hybridized carbons (Fsp3) is 0.619. The molecule has 1 aromatic carbocycles. The lowest BCUT2D eigenvalue weighted by atomic mass is 10.1. The molecule has 2 aliphatic heterocycles. The summed E-state index contributed by atoms with van der Waals surface area (Å²) in [6.07, 6.45) is -1.98. The fourth-order valence-corrected chi connectivity index (χ4v) is 3.52. The van der Waals surface area contributed by atoms with Gasteiger partial charge in [-0.25, -0.2) is 18.4 Å². The van der Waals surface area contributed by atoms with Gasteiger partial charge in [-0.2, -0.15) is 0 Å². The largest absolute Gasteiger partial charge is 0.444 e. The van der Waals surface area contributed by atoms with Crippen LogP contribution in [-0.4, -0.2) is 74.7 Å². The van der Waals surface area contributed by atoms with Crippen molar-refractivity contribution in [3.8, 4) is 0 Å². The van der Waals surface area contributed by atoms with Crippen LogP contribution >= 0.6 is 0 Å². The number of halogens is 2. The van der Waals surface area contributed by atoms with Gasteiger partial charge in [0.1, 0.15) is 17.4 Å². The van der Waals surface area contributed by atoms with Crippen LogP contribution in [0.2, 0.25) is 0 Å². The number of carbonyl (C=O) groups excluding carboxylic acids is 2. The molecular formula is C21H29F2N3O5. The molecule has 31 heavy (non-hydrogen) atoms. The van der Waals surface area contributed by atoms with E-state index in [9.17, 15) is 18.4 Å². The second-order valence-electron chi connectivity index (χ2n) is 8.72. The SMILES string of the molecule is CCOC1CN(c2c(F)cc(N3C[C@H](CN(C)C(=O)OC(C)(C)C)OC3=O)cc2F)C1. The van der Waals surface area contributed by atoms with Crippen LogP contribution in [0.5, 0.6) is 0 Å². The molecule has 0 saturated carbocycles. The summed E-state index contributed by atoms with van der Waals surface area (Å²) in [5.41, 5.74) is -0.721. The zero-order chi connectivity index (χ0) is 22.9. The zero-order valence-corrected chi connectivity index (χ0v) is 18.5. The van der Waals surface area contributed by atoms with Crippen molar-refractivity contribution in [3.63, 3.8) is 0 Å². The van der Waals surface area contributed by atoms with Crippen molar-refractivity contribution >= 4 is 23.6 Å². The minimum atomic E-state index is -0.757. The molecule has 8 nitrogen and oxygen atoms in total. The number of ether oxygens (including phenoxy) is 3. The lowest BCUT2D eigenvalue weighted by Gasteiger charge is -2.40. The molecule has 0 N–H and O–H groups in total. The second-order valence-corrected chi connectivity index (χ2v) is 8.72. The maximum atomic E-state index is 14.7. The summed E-state index contributed by atoms with van der Waals surface area (Å²) < 4.78 is 45.3. The number of hydrogen-bond acceptors (Lipinski definition) is 6. The Morgan fingerprint density at radius 2 is 1.84 bits per heavy atom. The molecule has 0 aliphatic carbocycles. The van der Waals surface area contributed by atoms with E-state index in [1.807, 2.05) is 6.92 Å². The second kappa shape index (κ2) is 8.86. The molecule has 0 spiro atoms. The lowest BCUT2D eigenvalue weighted by molar-refractivity contribution is 0.0223. The number of amides is 2. The molecule has 2 saturated heterocycles. The van der Waals surface area contributed by atoms with Crippen molar-refractivity contribution in [1.82, 2.24) is 4.90 Å². The topological polar surface area (TPSA) is 71.6 Å². The Bertz CT molecular complexity index is 816. The van der Waals surface area contributed by atoms with Gasteiger partial charge in [-0.05, 0) is 27.7 Å². The monoisotopic (exact) mass is 441 g/mol. The summed E-state index contributed by atoms with van der Waals surface area (Å²) in [6.45, 7) is 8.63. The van der Waals surface area contributed by atoms with Crippen molar-refractivity contribution in [2.75, 3.05) is 49.6 Å². The Morgan fingerprint density at radius 1 is 1.23 bits per heavy atom. The van der Waals surface area contributed by atoms with Crippen LogP contribution in [0.4, 0.5) is 29.7 Å². The molecule has 0 aromatic heterocycles. The summed E-state index contributed by atoms with van der Waals surface area (Å²) >= 11 is 0. The molecule has 2 amide bonds. The third-order valence-corrected chi connectivity index (χ3v) is 4.94. The Labute approximate surface area is 180 Å². The van der Waals surface area contributed by atoms with E-state index >= 15 is 0 Å². The Kier molecular flexibility index (Phi) is 6.59. The van der Waals surface area contributed by atoms with Crippen molar-refractivity contribution < 1.29 is 32.6 Å². The molecule has 0 unspecified atom stereocenters. The highest BCUT2D eigenvalue weighted by Gasteiger charge is 2.36. The standard InChI is InChI=1S/C21H29F2N3O5/c1-6-29-14-10-25(11-14)18-16(22)7-13(8-17(18)23)26-12-15(30-20(26)28)9-24(5)19(27)31-21(2,3)4/h7-8,14-15H,6,9-12H2,1-5H3/t15-/m0/s1. The highest BCUT2D eigenvalue weighted by molar-refractivity contribution is 5.90. The molecular weight excluding hydrogens is 412 g/mol. The van der Waals surface area contributed by atoms with Crippen LogP contribution in [0.1, 0.15) is 27.7 Å². The quantitative estimate of drug-likeness (QED) is 0.674. The minimum Gasteiger partial charge on any atom is -0.444 e. The van der Waals surface area contributed by atoms with Crippen LogP contribution in [0.15, 0.2) is 12.1 Å². The van der Waals surface area contributed by atoms with E-state index in [1.54, 1.807) is 25.7 Å². The van der Waals surface area contributed by atoms with Crippen molar-refractivity contribution in [2.45, 2.75) is 45.5 Å². The number of benzene rings is 1. The third-order valence-electron chi connectivity index (χ3n) is 4.94. The zero-order valence-electron chi connectivity index (χ0n) is 18.5. The highest BCUT2D eigenvalue weighted by atomic mass is 19.1. The number of likely N-dealkylation sites (N-methyl/N-ethyl adjacent to an activating group) is 1. The van der Waals surface area contributed by atoms with Gasteiger partial charge in [0.15, 0.2) is 11.6 Å². The van der Waals surface area contributed by atoms with Gasteiger partial charge in [-0.15, -0.1) is 0 Å². The fourth-order valence-electron chi connectivity index (χ4n) is 3.52. The summed E-state index contributed by atoms with van der Waals surface area (Å²) in [5.74, 6) is -1.51. The van der Waals surface area contributed by atoms with Crippen LogP contribution in [-0.2, 0) is 14.2 Å². The van der Waals surface area contributed by atoms with Crippen molar-refractivity contribution in [3.05, 3.63) is 23.8 Å². The number of cyclic esters (lactones) is 1. The van der Waals surface area contributed by atoms with Crippen LogP contribution in [0, 0.1) is 11.6 Å². The maximum Gasteiger partial charge on any atom is 0.414 e. The normalized spacial score (nSPS) is 19.3. The molecule has 2 aliphatic rings. The van der Waals surface area contributed by atoms with Gasteiger partial charge in [0.2, 0.25) is 0 Å². The van der Waals surface area contributed by atoms with Gasteiger partial charge >= 0.3 is 12.2 Å². The minimum absolute atomic E-state index is 0.0419. The van der Waals surface area contributed by atoms with Crippen LogP contribution < -0.4 is 9.80 Å². The van der Waals surface area contributed by atoms with E-state index < -0.39 is 35.5 Å². The molecule has 2 fully saturated rings. The maximum absolute atomic E-state index is 14.7. The molecule has 3 rings (SSSR count). The number of carbonyl (C=O) groups is 2. The first-order chi connectivity index (χ1) is 14.5. The number of rotatable bonds is 6. The molecule has 172 valence electrons. The number of nitrogens with zero attached hydrogens (tertiary/aromatic N) is 3. The van der Waals surface area contributed by atoms with Crippen molar-refractivity contribution in [2.24, 2.45) is 0 Å². The van der Waals surface area contributed by atoms with Gasteiger partial charge in [0.25, 0.3) is 0 Å². The van der Waals surface area contributed by atoms with E-state index in [0.29, 0.717) is 19.7 Å². The Hall–Kier alpha value is -2.62. The van der Waals surface area contributed by atoms with Gasteiger partial charge in [-0.1, -0.05) is 0 Å². The van der Waals surface area contributed by atoms with Gasteiger partial charge in [0.05, 0.1) is 24.9 Å². The summed E-state index contributed by atoms with van der Waals surface area (Å²) in [4.78, 5) is 28.4. The summed E-state index contributed by atoms with van der Waals surface area (Å²) in [6, 6.07) is 2.24. The van der Waals surface area contributed by atoms with Crippen LogP contribution in [0.3, 0.4) is 0 Å². The number of anilines is 2. The first kappa shape index (κ1) is 23.1. The van der Waals surface area contributed by atoms with E-state index in [1.165, 1.54) is 11.9 Å². The van der Waals surface area contributed by atoms with E-state index in [4.69, 9.17) is 14.2 Å². The van der Waals surface area contributed by atoms with E-state index in [0.717, 1.165) is 17.0 Å². The van der Waals surface area contributed by atoms with Gasteiger partial charge in [-0.3, -0.25) is 4.90 Å². The molecule has 1 aromatic rings. The predicted molar refractivity (Wildman–Crippen MR) is 110 cm³/mol. The van der Waals surface area contributed by atoms with E-state index in [2.05, 4.69) is 0 Å². The van der Waals surface area contributed by atoms with Gasteiger partial charge < -0.3 is 24.0 Å². The van der Waals surface area contributed by atoms with E-state index in [-0.39, 0.29) is 30.6 Å². The Morgan fingerprint density at radius 3 is 2.39 bits per heavy atom. The molecule has 2 heterocycles. The average molecular weight is 441 g/mol. The lowest BCUT2D eigenvalue weighted by Crippen LogP contribution is -2.53. The number of hydrogen-bond donors (Lipinski definition) is 0.